The second kappa shape index (κ2) is 6.33. The molecule has 5 nitrogen and oxygen atoms in total. The molecule has 1 aromatic carbocycles. The summed E-state index contributed by atoms with van der Waals surface area (Å²) in [6, 6.07) is 5.71. The van der Waals surface area contributed by atoms with E-state index in [-0.39, 0.29) is 11.7 Å². The summed E-state index contributed by atoms with van der Waals surface area (Å²) in [6.45, 7) is 1.28. The fourth-order valence-electron chi connectivity index (χ4n) is 3.02. The van der Waals surface area contributed by atoms with Crippen molar-refractivity contribution in [2.45, 2.75) is 38.0 Å². The van der Waals surface area contributed by atoms with Gasteiger partial charge in [0.15, 0.2) is 5.82 Å². The average Bonchev–Trinajstić information content (AvgIpc) is 3.04. The Balaban J connectivity index is 1.62. The lowest BCUT2D eigenvalue weighted by atomic mass is 10.1. The maximum Gasteiger partial charge on any atom is 0.573 e. The lowest BCUT2D eigenvalue weighted by Crippen LogP contribution is -2.17. The summed E-state index contributed by atoms with van der Waals surface area (Å²) in [5.74, 6) is 2.18. The van der Waals surface area contributed by atoms with E-state index in [1.165, 1.54) is 25.0 Å². The minimum absolute atomic E-state index is 0.159. The molecule has 0 amide bonds. The van der Waals surface area contributed by atoms with Crippen molar-refractivity contribution < 1.29 is 22.6 Å². The number of halogens is 3. The lowest BCUT2D eigenvalue weighted by Gasteiger charge is -2.12. The average molecular weight is 353 g/mol. The van der Waals surface area contributed by atoms with Crippen molar-refractivity contribution in [2.24, 2.45) is 5.92 Å². The first-order valence-electron chi connectivity index (χ1n) is 8.38. The zero-order chi connectivity index (χ0) is 17.4. The lowest BCUT2D eigenvalue weighted by molar-refractivity contribution is -0.274. The van der Waals surface area contributed by atoms with Gasteiger partial charge in [0.25, 0.3) is 0 Å². The second-order valence-corrected chi connectivity index (χ2v) is 6.55. The van der Waals surface area contributed by atoms with Gasteiger partial charge in [-0.2, -0.15) is 5.10 Å². The van der Waals surface area contributed by atoms with E-state index in [1.807, 2.05) is 0 Å². The van der Waals surface area contributed by atoms with E-state index in [9.17, 15) is 13.2 Å². The first kappa shape index (κ1) is 16.4. The molecule has 1 atom stereocenters. The van der Waals surface area contributed by atoms with Crippen molar-refractivity contribution >= 4 is 0 Å². The summed E-state index contributed by atoms with van der Waals surface area (Å²) in [5, 5.41) is 4.60. The van der Waals surface area contributed by atoms with Gasteiger partial charge in [-0.1, -0.05) is 0 Å². The first-order valence-corrected chi connectivity index (χ1v) is 8.38. The van der Waals surface area contributed by atoms with Crippen LogP contribution in [0.5, 0.6) is 5.75 Å². The van der Waals surface area contributed by atoms with Crippen LogP contribution in [-0.4, -0.2) is 34.3 Å². The zero-order valence-electron chi connectivity index (χ0n) is 13.5. The molecule has 1 aromatic heterocycles. The molecular formula is C17H18F3N3O2. The maximum atomic E-state index is 12.3. The fraction of sp³-hybridized carbons (Fsp3) is 0.529. The topological polar surface area (TPSA) is 49.2 Å². The molecule has 0 unspecified atom stereocenters. The van der Waals surface area contributed by atoms with E-state index in [2.05, 4.69) is 9.84 Å². The number of ether oxygens (including phenoxy) is 2. The molecular weight excluding hydrogens is 335 g/mol. The summed E-state index contributed by atoms with van der Waals surface area (Å²) in [5.41, 5.74) is 0.672. The Labute approximate surface area is 142 Å². The van der Waals surface area contributed by atoms with Crippen molar-refractivity contribution in [2.75, 3.05) is 13.2 Å². The monoisotopic (exact) mass is 353 g/mol. The SMILES string of the molecule is FC(F)(F)Oc1ccc(-n2nc(CC3CC3)nc2[C@H]2CCOC2)cc1. The Hall–Kier alpha value is -2.09. The van der Waals surface area contributed by atoms with Gasteiger partial charge >= 0.3 is 6.36 Å². The Morgan fingerprint density at radius 1 is 1.16 bits per heavy atom. The third kappa shape index (κ3) is 3.95. The molecule has 134 valence electrons. The molecule has 1 saturated carbocycles. The molecule has 25 heavy (non-hydrogen) atoms. The van der Waals surface area contributed by atoms with Gasteiger partial charge < -0.3 is 9.47 Å². The fourth-order valence-corrected chi connectivity index (χ4v) is 3.02. The highest BCUT2D eigenvalue weighted by atomic mass is 19.4. The third-order valence-electron chi connectivity index (χ3n) is 4.45. The number of benzene rings is 1. The Bertz CT molecular complexity index is 733. The molecule has 2 aromatic rings. The predicted molar refractivity (Wildman–Crippen MR) is 82.6 cm³/mol. The zero-order valence-corrected chi connectivity index (χ0v) is 13.5. The molecule has 2 heterocycles. The van der Waals surface area contributed by atoms with E-state index in [4.69, 9.17) is 9.72 Å². The first-order chi connectivity index (χ1) is 12.0. The van der Waals surface area contributed by atoms with Crippen LogP contribution in [0.25, 0.3) is 5.69 Å². The largest absolute Gasteiger partial charge is 0.573 e. The van der Waals surface area contributed by atoms with Gasteiger partial charge in [-0.05, 0) is 49.4 Å². The van der Waals surface area contributed by atoms with Gasteiger partial charge in [-0.15, -0.1) is 13.2 Å². The standard InChI is InChI=1S/C17H18F3N3O2/c18-17(19,20)25-14-5-3-13(4-6-14)23-16(12-7-8-24-10-12)21-15(22-23)9-11-1-2-11/h3-6,11-12H,1-2,7-10H2/t12-/m0/s1. The van der Waals surface area contributed by atoms with E-state index in [0.717, 1.165) is 24.5 Å². The number of hydrogen-bond donors (Lipinski definition) is 0. The van der Waals surface area contributed by atoms with Gasteiger partial charge in [0.1, 0.15) is 11.6 Å². The van der Waals surface area contributed by atoms with E-state index in [1.54, 1.807) is 16.8 Å². The van der Waals surface area contributed by atoms with Crippen molar-refractivity contribution in [1.82, 2.24) is 14.8 Å². The van der Waals surface area contributed by atoms with Crippen LogP contribution in [0.1, 0.15) is 36.8 Å². The minimum atomic E-state index is -4.70. The van der Waals surface area contributed by atoms with Crippen LogP contribution in [0.4, 0.5) is 13.2 Å². The Morgan fingerprint density at radius 2 is 1.92 bits per heavy atom. The van der Waals surface area contributed by atoms with Gasteiger partial charge in [0.05, 0.1) is 12.3 Å². The highest BCUT2D eigenvalue weighted by Gasteiger charge is 2.31. The summed E-state index contributed by atoms with van der Waals surface area (Å²) in [4.78, 5) is 4.69. The molecule has 1 aliphatic carbocycles. The van der Waals surface area contributed by atoms with Gasteiger partial charge in [-0.25, -0.2) is 9.67 Å². The molecule has 8 heteroatoms. The van der Waals surface area contributed by atoms with Crippen LogP contribution in [0.15, 0.2) is 24.3 Å². The Kier molecular flexibility index (Phi) is 4.15. The quantitative estimate of drug-likeness (QED) is 0.824. The molecule has 0 N–H and O–H groups in total. The van der Waals surface area contributed by atoms with Crippen molar-refractivity contribution in [3.05, 3.63) is 35.9 Å². The normalized spacial score (nSPS) is 20.8. The van der Waals surface area contributed by atoms with Crippen molar-refractivity contribution in [3.63, 3.8) is 0 Å². The number of rotatable bonds is 5. The highest BCUT2D eigenvalue weighted by Crippen LogP contribution is 2.33. The number of alkyl halides is 3. The van der Waals surface area contributed by atoms with Crippen molar-refractivity contribution in [1.29, 1.82) is 0 Å². The van der Waals surface area contributed by atoms with Gasteiger partial charge in [-0.3, -0.25) is 0 Å². The van der Waals surface area contributed by atoms with Gasteiger partial charge in [0.2, 0.25) is 0 Å². The van der Waals surface area contributed by atoms with Crippen LogP contribution < -0.4 is 4.74 Å². The second-order valence-electron chi connectivity index (χ2n) is 6.55. The summed E-state index contributed by atoms with van der Waals surface area (Å²) >= 11 is 0. The molecule has 0 spiro atoms. The van der Waals surface area contributed by atoms with Crippen LogP contribution in [0.3, 0.4) is 0 Å². The third-order valence-corrected chi connectivity index (χ3v) is 4.45. The molecule has 0 radical (unpaired) electrons. The van der Waals surface area contributed by atoms with Crippen LogP contribution >= 0.6 is 0 Å². The number of nitrogens with zero attached hydrogens (tertiary/aromatic N) is 3. The van der Waals surface area contributed by atoms with Crippen LogP contribution in [-0.2, 0) is 11.2 Å². The molecule has 2 fully saturated rings. The smallest absolute Gasteiger partial charge is 0.406 e. The van der Waals surface area contributed by atoms with Crippen LogP contribution in [0.2, 0.25) is 0 Å². The van der Waals surface area contributed by atoms with Crippen LogP contribution in [0, 0.1) is 5.92 Å². The summed E-state index contributed by atoms with van der Waals surface area (Å²) in [7, 11) is 0. The molecule has 2 aliphatic rings. The van der Waals surface area contributed by atoms with E-state index in [0.29, 0.717) is 24.8 Å². The van der Waals surface area contributed by atoms with Gasteiger partial charge in [0, 0.05) is 18.9 Å². The van der Waals surface area contributed by atoms with Crippen molar-refractivity contribution in [3.8, 4) is 11.4 Å². The minimum Gasteiger partial charge on any atom is -0.406 e. The summed E-state index contributed by atoms with van der Waals surface area (Å²) < 4.78 is 48.0. The molecule has 4 rings (SSSR count). The maximum absolute atomic E-state index is 12.3. The molecule has 0 bridgehead atoms. The highest BCUT2D eigenvalue weighted by molar-refractivity contribution is 5.38. The van der Waals surface area contributed by atoms with E-state index < -0.39 is 6.36 Å². The molecule has 1 aliphatic heterocycles. The molecule has 1 saturated heterocycles. The number of aromatic nitrogens is 3. The Morgan fingerprint density at radius 3 is 2.52 bits per heavy atom. The number of hydrogen-bond acceptors (Lipinski definition) is 4. The summed E-state index contributed by atoms with van der Waals surface area (Å²) in [6.07, 6.45) is -0.558. The van der Waals surface area contributed by atoms with E-state index >= 15 is 0 Å². The predicted octanol–water partition coefficient (Wildman–Crippen LogP) is 3.62.